The van der Waals surface area contributed by atoms with Crippen LogP contribution in [0.25, 0.3) is 9.88 Å². The number of hydrogen-bond acceptors (Lipinski definition) is 5. The van der Waals surface area contributed by atoms with Crippen LogP contribution in [0.15, 0.2) is 41.9 Å². The third-order valence-corrected chi connectivity index (χ3v) is 5.06. The second-order valence-corrected chi connectivity index (χ2v) is 7.25. The molecule has 2 aromatic heterocycles. The van der Waals surface area contributed by atoms with Gasteiger partial charge in [-0.25, -0.2) is 9.37 Å². The summed E-state index contributed by atoms with van der Waals surface area (Å²) in [6, 6.07) is 8.25. The summed E-state index contributed by atoms with van der Waals surface area (Å²) in [6.45, 7) is 3.73. The molecule has 0 saturated heterocycles. The van der Waals surface area contributed by atoms with Crippen molar-refractivity contribution in [3.63, 3.8) is 0 Å². The fraction of sp³-hybridized carbons (Fsp3) is 0.176. The van der Waals surface area contributed by atoms with Gasteiger partial charge in [0, 0.05) is 6.07 Å². The highest BCUT2D eigenvalue weighted by Crippen LogP contribution is 2.29. The predicted octanol–water partition coefficient (Wildman–Crippen LogP) is 5.05. The second-order valence-electron chi connectivity index (χ2n) is 5.27. The van der Waals surface area contributed by atoms with Crippen LogP contribution in [-0.4, -0.2) is 17.0 Å². The van der Waals surface area contributed by atoms with Crippen molar-refractivity contribution in [3.05, 3.63) is 52.6 Å². The Balaban J connectivity index is 1.73. The van der Waals surface area contributed by atoms with Crippen molar-refractivity contribution in [2.75, 3.05) is 5.32 Å². The summed E-state index contributed by atoms with van der Waals surface area (Å²) in [4.78, 5) is 18.0. The van der Waals surface area contributed by atoms with Gasteiger partial charge in [-0.15, -0.1) is 22.7 Å². The van der Waals surface area contributed by atoms with Gasteiger partial charge in [-0.05, 0) is 37.4 Å². The molecule has 0 spiro atoms. The molecule has 24 heavy (non-hydrogen) atoms. The number of carbonyl (C=O) groups is 1. The Morgan fingerprint density at radius 2 is 2.17 bits per heavy atom. The number of hydrogen-bond donors (Lipinski definition) is 1. The van der Waals surface area contributed by atoms with E-state index in [-0.39, 0.29) is 17.7 Å². The van der Waals surface area contributed by atoms with Crippen LogP contribution in [0.4, 0.5) is 10.1 Å². The van der Waals surface area contributed by atoms with Crippen LogP contribution in [0.1, 0.15) is 23.5 Å². The third kappa shape index (κ3) is 3.80. The van der Waals surface area contributed by atoms with Crippen LogP contribution in [0.5, 0.6) is 5.75 Å². The van der Waals surface area contributed by atoms with Gasteiger partial charge >= 0.3 is 0 Å². The van der Waals surface area contributed by atoms with Crippen molar-refractivity contribution in [3.8, 4) is 15.6 Å². The highest BCUT2D eigenvalue weighted by Gasteiger charge is 2.15. The van der Waals surface area contributed by atoms with Gasteiger partial charge in [0.1, 0.15) is 21.5 Å². The molecule has 3 rings (SSSR count). The molecule has 0 bridgehead atoms. The predicted molar refractivity (Wildman–Crippen MR) is 95.5 cm³/mol. The van der Waals surface area contributed by atoms with E-state index in [2.05, 4.69) is 10.3 Å². The van der Waals surface area contributed by atoms with Gasteiger partial charge in [0.05, 0.1) is 22.9 Å². The Morgan fingerprint density at radius 1 is 1.33 bits per heavy atom. The van der Waals surface area contributed by atoms with E-state index in [1.807, 2.05) is 31.4 Å². The third-order valence-electron chi connectivity index (χ3n) is 3.02. The van der Waals surface area contributed by atoms with Crippen molar-refractivity contribution in [1.29, 1.82) is 0 Å². The minimum Gasteiger partial charge on any atom is -0.491 e. The van der Waals surface area contributed by atoms with Crippen LogP contribution in [0, 0.1) is 5.82 Å². The molecule has 7 heteroatoms. The molecular formula is C17H15FN2O2S2. The smallest absolute Gasteiger partial charge is 0.267 e. The molecule has 0 aliphatic heterocycles. The number of aromatic nitrogens is 1. The number of thiazole rings is 1. The number of thiophene rings is 1. The molecule has 4 nitrogen and oxygen atoms in total. The summed E-state index contributed by atoms with van der Waals surface area (Å²) in [5, 5.41) is 5.30. The van der Waals surface area contributed by atoms with Gasteiger partial charge in [0.2, 0.25) is 0 Å². The lowest BCUT2D eigenvalue weighted by Gasteiger charge is -2.11. The lowest BCUT2D eigenvalue weighted by Crippen LogP contribution is -2.12. The standard InChI is InChI=1S/C17H15FN2O2S2/c1-10(2)22-11-5-6-13(12(18)8-11)20-16(21)15-9-19-17(24-15)14-4-3-7-23-14/h3-10H,1-2H3,(H,20,21). The van der Waals surface area contributed by atoms with Crippen molar-refractivity contribution in [1.82, 2.24) is 4.98 Å². The summed E-state index contributed by atoms with van der Waals surface area (Å²) in [5.74, 6) is -0.491. The first-order valence-electron chi connectivity index (χ1n) is 7.30. The van der Waals surface area contributed by atoms with E-state index >= 15 is 0 Å². The van der Waals surface area contributed by atoms with E-state index in [0.717, 1.165) is 9.88 Å². The fourth-order valence-electron chi connectivity index (χ4n) is 2.02. The molecule has 2 heterocycles. The van der Waals surface area contributed by atoms with Crippen LogP contribution in [0.2, 0.25) is 0 Å². The molecule has 0 radical (unpaired) electrons. The van der Waals surface area contributed by atoms with Gasteiger partial charge in [-0.2, -0.15) is 0 Å². The first-order valence-corrected chi connectivity index (χ1v) is 9.00. The number of ether oxygens (including phenoxy) is 1. The highest BCUT2D eigenvalue weighted by atomic mass is 32.1. The van der Waals surface area contributed by atoms with E-state index in [4.69, 9.17) is 4.74 Å². The molecule has 0 fully saturated rings. The summed E-state index contributed by atoms with van der Waals surface area (Å²) in [7, 11) is 0. The van der Waals surface area contributed by atoms with Crippen LogP contribution >= 0.6 is 22.7 Å². The zero-order valence-electron chi connectivity index (χ0n) is 13.1. The Hall–Kier alpha value is -2.25. The van der Waals surface area contributed by atoms with E-state index in [1.165, 1.54) is 29.7 Å². The van der Waals surface area contributed by atoms with E-state index in [0.29, 0.717) is 10.6 Å². The normalized spacial score (nSPS) is 10.8. The van der Waals surface area contributed by atoms with E-state index in [1.54, 1.807) is 17.4 Å². The molecule has 0 saturated carbocycles. The Morgan fingerprint density at radius 3 is 2.83 bits per heavy atom. The Labute approximate surface area is 146 Å². The lowest BCUT2D eigenvalue weighted by molar-refractivity contribution is 0.102. The SMILES string of the molecule is CC(C)Oc1ccc(NC(=O)c2cnc(-c3cccs3)s2)c(F)c1. The second kappa shape index (κ2) is 7.11. The Kier molecular flexibility index (Phi) is 4.92. The minimum absolute atomic E-state index is 0.0438. The van der Waals surface area contributed by atoms with E-state index in [9.17, 15) is 9.18 Å². The Bertz CT molecular complexity index is 844. The average Bonchev–Trinajstić information content (AvgIpc) is 3.19. The maximum atomic E-state index is 14.1. The highest BCUT2D eigenvalue weighted by molar-refractivity contribution is 7.22. The van der Waals surface area contributed by atoms with Crippen molar-refractivity contribution in [2.24, 2.45) is 0 Å². The summed E-state index contributed by atoms with van der Waals surface area (Å²) >= 11 is 2.83. The average molecular weight is 362 g/mol. The molecule has 124 valence electrons. The van der Waals surface area contributed by atoms with Gasteiger partial charge in [-0.1, -0.05) is 6.07 Å². The fourth-order valence-corrected chi connectivity index (χ4v) is 3.64. The number of benzene rings is 1. The molecule has 1 N–H and O–H groups in total. The number of halogens is 1. The molecule has 0 aliphatic carbocycles. The molecule has 0 unspecified atom stereocenters. The quantitative estimate of drug-likeness (QED) is 0.691. The first-order chi connectivity index (χ1) is 11.5. The number of rotatable bonds is 5. The van der Waals surface area contributed by atoms with Crippen LogP contribution < -0.4 is 10.1 Å². The van der Waals surface area contributed by atoms with Gasteiger partial charge in [0.15, 0.2) is 0 Å². The number of anilines is 1. The molecule has 1 amide bonds. The molecule has 1 aromatic carbocycles. The summed E-state index contributed by atoms with van der Waals surface area (Å²) in [6.07, 6.45) is 1.46. The minimum atomic E-state index is -0.538. The van der Waals surface area contributed by atoms with E-state index < -0.39 is 5.82 Å². The monoisotopic (exact) mass is 362 g/mol. The maximum Gasteiger partial charge on any atom is 0.267 e. The lowest BCUT2D eigenvalue weighted by atomic mass is 10.2. The van der Waals surface area contributed by atoms with Crippen LogP contribution in [0.3, 0.4) is 0 Å². The van der Waals surface area contributed by atoms with Crippen molar-refractivity contribution >= 4 is 34.3 Å². The number of carbonyl (C=O) groups excluding carboxylic acids is 1. The molecular weight excluding hydrogens is 347 g/mol. The molecule has 0 aliphatic rings. The van der Waals surface area contributed by atoms with Gasteiger partial charge in [-0.3, -0.25) is 4.79 Å². The van der Waals surface area contributed by atoms with Crippen LogP contribution in [-0.2, 0) is 0 Å². The number of amides is 1. The van der Waals surface area contributed by atoms with Crippen molar-refractivity contribution in [2.45, 2.75) is 20.0 Å². The first kappa shape index (κ1) is 16.6. The van der Waals surface area contributed by atoms with Gasteiger partial charge in [0.25, 0.3) is 5.91 Å². The zero-order chi connectivity index (χ0) is 17.1. The van der Waals surface area contributed by atoms with Crippen molar-refractivity contribution < 1.29 is 13.9 Å². The number of nitrogens with one attached hydrogen (secondary N) is 1. The molecule has 3 aromatic rings. The molecule has 0 atom stereocenters. The number of nitrogens with zero attached hydrogens (tertiary/aromatic N) is 1. The maximum absolute atomic E-state index is 14.1. The summed E-state index contributed by atoms with van der Waals surface area (Å²) < 4.78 is 19.5. The largest absolute Gasteiger partial charge is 0.491 e. The van der Waals surface area contributed by atoms with Gasteiger partial charge < -0.3 is 10.1 Å². The zero-order valence-corrected chi connectivity index (χ0v) is 14.7. The topological polar surface area (TPSA) is 51.2 Å². The summed E-state index contributed by atoms with van der Waals surface area (Å²) in [5.41, 5.74) is 0.113.